The Morgan fingerprint density at radius 2 is 1.38 bits per heavy atom. The number of hydrogen-bond donors (Lipinski definition) is 0. The van der Waals surface area contributed by atoms with Crippen molar-refractivity contribution in [3.05, 3.63) is 59.2 Å². The number of nitriles is 1. The van der Waals surface area contributed by atoms with Gasteiger partial charge in [0.2, 0.25) is 0 Å². The monoisotopic (exact) mass is 279 g/mol. The summed E-state index contributed by atoms with van der Waals surface area (Å²) in [6.07, 6.45) is 0. The van der Waals surface area contributed by atoms with E-state index in [1.54, 1.807) is 12.1 Å². The smallest absolute Gasteiger partial charge is 0.134 e. The Bertz CT molecular complexity index is 622. The first-order valence-electron chi connectivity index (χ1n) is 7.33. The Hall–Kier alpha value is -2.27. The lowest BCUT2D eigenvalue weighted by atomic mass is 9.94. The normalized spacial score (nSPS) is 10.7. The highest BCUT2D eigenvalue weighted by molar-refractivity contribution is 5.48. The molecule has 2 aromatic rings. The van der Waals surface area contributed by atoms with Crippen LogP contribution in [-0.2, 0) is 0 Å². The van der Waals surface area contributed by atoms with Crippen molar-refractivity contribution in [3.8, 4) is 17.6 Å². The standard InChI is InChI=1S/C19H21NO/c1-13(2)17-6-5-7-18(14(3)4)19(17)21-16-10-8-15(12-20)9-11-16/h5-11,13-14H,1-4H3. The van der Waals surface area contributed by atoms with Gasteiger partial charge in [0.15, 0.2) is 0 Å². The SMILES string of the molecule is CC(C)c1cccc(C(C)C)c1Oc1ccc(C#N)cc1. The van der Waals surface area contributed by atoms with Gasteiger partial charge < -0.3 is 4.74 Å². The highest BCUT2D eigenvalue weighted by atomic mass is 16.5. The zero-order chi connectivity index (χ0) is 15.4. The van der Waals surface area contributed by atoms with Crippen molar-refractivity contribution in [1.82, 2.24) is 0 Å². The summed E-state index contributed by atoms with van der Waals surface area (Å²) in [5.41, 5.74) is 3.07. The fraction of sp³-hybridized carbons (Fsp3) is 0.316. The first-order chi connectivity index (χ1) is 10.0. The molecule has 0 atom stereocenters. The number of hydrogen-bond acceptors (Lipinski definition) is 2. The molecule has 108 valence electrons. The van der Waals surface area contributed by atoms with Gasteiger partial charge in [-0.25, -0.2) is 0 Å². The van der Waals surface area contributed by atoms with Crippen LogP contribution in [0.2, 0.25) is 0 Å². The van der Waals surface area contributed by atoms with Crippen molar-refractivity contribution in [2.45, 2.75) is 39.5 Å². The Balaban J connectivity index is 2.43. The maximum atomic E-state index is 8.86. The molecule has 0 radical (unpaired) electrons. The fourth-order valence-electron chi connectivity index (χ4n) is 2.32. The van der Waals surface area contributed by atoms with E-state index in [-0.39, 0.29) is 0 Å². The average molecular weight is 279 g/mol. The van der Waals surface area contributed by atoms with E-state index in [1.165, 1.54) is 11.1 Å². The van der Waals surface area contributed by atoms with E-state index in [9.17, 15) is 0 Å². The molecule has 2 nitrogen and oxygen atoms in total. The van der Waals surface area contributed by atoms with Crippen molar-refractivity contribution in [2.75, 3.05) is 0 Å². The summed E-state index contributed by atoms with van der Waals surface area (Å²) in [5, 5.41) is 8.86. The molecule has 2 aromatic carbocycles. The summed E-state index contributed by atoms with van der Waals surface area (Å²) in [4.78, 5) is 0. The largest absolute Gasteiger partial charge is 0.457 e. The lowest BCUT2D eigenvalue weighted by Gasteiger charge is -2.19. The topological polar surface area (TPSA) is 33.0 Å². The van der Waals surface area contributed by atoms with Crippen LogP contribution in [0.3, 0.4) is 0 Å². The molecule has 0 amide bonds. The van der Waals surface area contributed by atoms with E-state index in [4.69, 9.17) is 10.00 Å². The highest BCUT2D eigenvalue weighted by Crippen LogP contribution is 2.37. The average Bonchev–Trinajstić information content (AvgIpc) is 2.47. The summed E-state index contributed by atoms with van der Waals surface area (Å²) in [6, 6.07) is 15.7. The molecule has 0 unspecified atom stereocenters. The van der Waals surface area contributed by atoms with Gasteiger partial charge in [0.1, 0.15) is 11.5 Å². The van der Waals surface area contributed by atoms with E-state index >= 15 is 0 Å². The molecule has 0 saturated heterocycles. The Labute approximate surface area is 127 Å². The van der Waals surface area contributed by atoms with E-state index in [1.807, 2.05) is 12.1 Å². The van der Waals surface area contributed by atoms with Gasteiger partial charge in [0.05, 0.1) is 11.6 Å². The van der Waals surface area contributed by atoms with Crippen LogP contribution >= 0.6 is 0 Å². The molecule has 0 N–H and O–H groups in total. The third kappa shape index (κ3) is 3.44. The van der Waals surface area contributed by atoms with Gasteiger partial charge in [0.25, 0.3) is 0 Å². The predicted molar refractivity (Wildman–Crippen MR) is 85.9 cm³/mol. The molecule has 2 heteroatoms. The summed E-state index contributed by atoms with van der Waals surface area (Å²) in [6.45, 7) is 8.69. The summed E-state index contributed by atoms with van der Waals surface area (Å²) < 4.78 is 6.15. The van der Waals surface area contributed by atoms with E-state index in [0.717, 1.165) is 11.5 Å². The Kier molecular flexibility index (Phi) is 4.65. The van der Waals surface area contributed by atoms with Gasteiger partial charge in [-0.2, -0.15) is 5.26 Å². The van der Waals surface area contributed by atoms with Crippen molar-refractivity contribution in [2.24, 2.45) is 0 Å². The minimum absolute atomic E-state index is 0.400. The Morgan fingerprint density at radius 1 is 0.857 bits per heavy atom. The van der Waals surface area contributed by atoms with Crippen LogP contribution < -0.4 is 4.74 Å². The minimum atomic E-state index is 0.400. The molecular formula is C19H21NO. The van der Waals surface area contributed by atoms with Gasteiger partial charge in [-0.15, -0.1) is 0 Å². The maximum absolute atomic E-state index is 8.86. The molecule has 0 fully saturated rings. The van der Waals surface area contributed by atoms with Crippen LogP contribution in [0.4, 0.5) is 0 Å². The van der Waals surface area contributed by atoms with E-state index in [0.29, 0.717) is 17.4 Å². The minimum Gasteiger partial charge on any atom is -0.457 e. The second-order valence-corrected chi connectivity index (χ2v) is 5.81. The zero-order valence-corrected chi connectivity index (χ0v) is 13.1. The third-order valence-electron chi connectivity index (χ3n) is 3.52. The quantitative estimate of drug-likeness (QED) is 0.730. The molecule has 0 aliphatic rings. The lowest BCUT2D eigenvalue weighted by Crippen LogP contribution is -2.00. The number of rotatable bonds is 4. The molecular weight excluding hydrogens is 258 g/mol. The summed E-state index contributed by atoms with van der Waals surface area (Å²) >= 11 is 0. The fourth-order valence-corrected chi connectivity index (χ4v) is 2.32. The predicted octanol–water partition coefficient (Wildman–Crippen LogP) is 5.60. The first-order valence-corrected chi connectivity index (χ1v) is 7.33. The molecule has 0 aromatic heterocycles. The van der Waals surface area contributed by atoms with Gasteiger partial charge >= 0.3 is 0 Å². The molecule has 2 rings (SSSR count). The van der Waals surface area contributed by atoms with Crippen LogP contribution in [0.15, 0.2) is 42.5 Å². The number of para-hydroxylation sites is 1. The van der Waals surface area contributed by atoms with Crippen LogP contribution in [-0.4, -0.2) is 0 Å². The van der Waals surface area contributed by atoms with Crippen LogP contribution in [0.25, 0.3) is 0 Å². The summed E-state index contributed by atoms with van der Waals surface area (Å²) in [5.74, 6) is 2.52. The first kappa shape index (κ1) is 15.1. The van der Waals surface area contributed by atoms with Crippen molar-refractivity contribution in [1.29, 1.82) is 5.26 Å². The van der Waals surface area contributed by atoms with Crippen LogP contribution in [0, 0.1) is 11.3 Å². The molecule has 0 heterocycles. The van der Waals surface area contributed by atoms with Crippen molar-refractivity contribution < 1.29 is 4.74 Å². The molecule has 0 aliphatic carbocycles. The molecule has 0 saturated carbocycles. The van der Waals surface area contributed by atoms with E-state index in [2.05, 4.69) is 52.0 Å². The highest BCUT2D eigenvalue weighted by Gasteiger charge is 2.15. The third-order valence-corrected chi connectivity index (χ3v) is 3.52. The van der Waals surface area contributed by atoms with Gasteiger partial charge in [-0.3, -0.25) is 0 Å². The molecule has 0 aliphatic heterocycles. The zero-order valence-electron chi connectivity index (χ0n) is 13.1. The number of benzene rings is 2. The van der Waals surface area contributed by atoms with Gasteiger partial charge in [0, 0.05) is 0 Å². The van der Waals surface area contributed by atoms with Crippen LogP contribution in [0.5, 0.6) is 11.5 Å². The Morgan fingerprint density at radius 3 is 1.81 bits per heavy atom. The molecule has 0 bridgehead atoms. The van der Waals surface area contributed by atoms with Gasteiger partial charge in [-0.1, -0.05) is 45.9 Å². The second-order valence-electron chi connectivity index (χ2n) is 5.81. The molecule has 21 heavy (non-hydrogen) atoms. The number of ether oxygens (including phenoxy) is 1. The summed E-state index contributed by atoms with van der Waals surface area (Å²) in [7, 11) is 0. The van der Waals surface area contributed by atoms with Gasteiger partial charge in [-0.05, 0) is 47.2 Å². The second kappa shape index (κ2) is 6.45. The van der Waals surface area contributed by atoms with Crippen molar-refractivity contribution in [3.63, 3.8) is 0 Å². The number of nitrogens with zero attached hydrogens (tertiary/aromatic N) is 1. The lowest BCUT2D eigenvalue weighted by molar-refractivity contribution is 0.463. The van der Waals surface area contributed by atoms with Crippen LogP contribution in [0.1, 0.15) is 56.2 Å². The van der Waals surface area contributed by atoms with Crippen molar-refractivity contribution >= 4 is 0 Å². The maximum Gasteiger partial charge on any atom is 0.134 e. The molecule has 0 spiro atoms. The van der Waals surface area contributed by atoms with E-state index < -0.39 is 0 Å².